The molecule has 13 heavy (non-hydrogen) atoms. The van der Waals surface area contributed by atoms with Gasteiger partial charge in [0, 0.05) is 0 Å². The number of hydrogen-bond donors (Lipinski definition) is 0. The van der Waals surface area contributed by atoms with Crippen molar-refractivity contribution in [3.63, 3.8) is 0 Å². The zero-order chi connectivity index (χ0) is 9.10. The summed E-state index contributed by atoms with van der Waals surface area (Å²) in [6.07, 6.45) is 7.17. The molecule has 1 saturated carbocycles. The lowest BCUT2D eigenvalue weighted by molar-refractivity contribution is 0.290. The van der Waals surface area contributed by atoms with Crippen LogP contribution in [0.1, 0.15) is 19.3 Å². The molecule has 0 N–H and O–H groups in total. The van der Waals surface area contributed by atoms with Crippen molar-refractivity contribution >= 4 is 15.9 Å². The maximum absolute atomic E-state index is 5.42. The van der Waals surface area contributed by atoms with Gasteiger partial charge in [0.25, 0.3) is 0 Å². The van der Waals surface area contributed by atoms with Crippen molar-refractivity contribution < 1.29 is 4.74 Å². The molecule has 70 valence electrons. The average Bonchev–Trinajstić information content (AvgIpc) is 2.92. The van der Waals surface area contributed by atoms with Gasteiger partial charge in [-0.15, -0.1) is 0 Å². The van der Waals surface area contributed by atoms with Crippen LogP contribution in [0.3, 0.4) is 0 Å². The number of rotatable bonds is 4. The van der Waals surface area contributed by atoms with Gasteiger partial charge >= 0.3 is 0 Å². The molecular formula is C9H11BrN2O. The quantitative estimate of drug-likeness (QED) is 0.814. The van der Waals surface area contributed by atoms with Gasteiger partial charge in [0.15, 0.2) is 0 Å². The molecule has 0 unspecified atom stereocenters. The Balaban J connectivity index is 1.76. The van der Waals surface area contributed by atoms with Gasteiger partial charge in [0.2, 0.25) is 5.88 Å². The number of aromatic nitrogens is 2. The molecular weight excluding hydrogens is 232 g/mol. The molecule has 3 nitrogen and oxygen atoms in total. The van der Waals surface area contributed by atoms with E-state index in [4.69, 9.17) is 4.74 Å². The Hall–Kier alpha value is -0.640. The van der Waals surface area contributed by atoms with E-state index in [9.17, 15) is 0 Å². The summed E-state index contributed by atoms with van der Waals surface area (Å²) in [6.45, 7) is 0.765. The van der Waals surface area contributed by atoms with Gasteiger partial charge in [0.05, 0.1) is 19.0 Å². The highest BCUT2D eigenvalue weighted by Crippen LogP contribution is 2.32. The monoisotopic (exact) mass is 242 g/mol. The third kappa shape index (κ3) is 2.95. The second-order valence-corrected chi connectivity index (χ2v) is 4.07. The lowest BCUT2D eigenvalue weighted by atomic mass is 10.3. The van der Waals surface area contributed by atoms with Crippen LogP contribution in [0.15, 0.2) is 17.0 Å². The van der Waals surface area contributed by atoms with Crippen molar-refractivity contribution in [1.29, 1.82) is 0 Å². The zero-order valence-electron chi connectivity index (χ0n) is 7.24. The average molecular weight is 243 g/mol. The van der Waals surface area contributed by atoms with Crippen LogP contribution in [0, 0.1) is 5.92 Å². The van der Waals surface area contributed by atoms with E-state index in [0.717, 1.165) is 23.5 Å². The third-order valence-corrected chi connectivity index (χ3v) is 2.48. The molecule has 1 fully saturated rings. The molecule has 0 saturated heterocycles. The highest BCUT2D eigenvalue weighted by molar-refractivity contribution is 9.10. The number of ether oxygens (including phenoxy) is 1. The van der Waals surface area contributed by atoms with Gasteiger partial charge in [-0.2, -0.15) is 0 Å². The second kappa shape index (κ2) is 4.05. The van der Waals surface area contributed by atoms with Crippen LogP contribution in [0.25, 0.3) is 0 Å². The Morgan fingerprint density at radius 2 is 2.23 bits per heavy atom. The maximum atomic E-state index is 5.42. The first kappa shape index (κ1) is 8.94. The maximum Gasteiger partial charge on any atom is 0.232 e. The molecule has 0 bridgehead atoms. The van der Waals surface area contributed by atoms with Gasteiger partial charge in [-0.3, -0.25) is 0 Å². The summed E-state index contributed by atoms with van der Waals surface area (Å²) in [7, 11) is 0. The van der Waals surface area contributed by atoms with Crippen LogP contribution in [-0.4, -0.2) is 16.6 Å². The van der Waals surface area contributed by atoms with Gasteiger partial charge in [-0.05, 0) is 28.3 Å². The first-order chi connectivity index (χ1) is 6.34. The SMILES string of the molecule is Brc1cnc(OCCC2CC2)cn1. The van der Waals surface area contributed by atoms with E-state index in [0.29, 0.717) is 5.88 Å². The molecule has 0 atom stereocenters. The zero-order valence-corrected chi connectivity index (χ0v) is 8.83. The van der Waals surface area contributed by atoms with Crippen LogP contribution in [0.2, 0.25) is 0 Å². The Labute approximate surface area is 85.7 Å². The van der Waals surface area contributed by atoms with E-state index in [1.807, 2.05) is 0 Å². The fraction of sp³-hybridized carbons (Fsp3) is 0.556. The highest BCUT2D eigenvalue weighted by atomic mass is 79.9. The molecule has 1 aliphatic carbocycles. The third-order valence-electron chi connectivity index (χ3n) is 2.07. The van der Waals surface area contributed by atoms with E-state index in [2.05, 4.69) is 25.9 Å². The van der Waals surface area contributed by atoms with E-state index in [1.165, 1.54) is 12.8 Å². The molecule has 0 radical (unpaired) electrons. The van der Waals surface area contributed by atoms with Crippen molar-refractivity contribution in [3.8, 4) is 5.88 Å². The Morgan fingerprint density at radius 1 is 1.38 bits per heavy atom. The summed E-state index contributed by atoms with van der Waals surface area (Å²) < 4.78 is 6.16. The normalized spacial score (nSPS) is 15.8. The fourth-order valence-corrected chi connectivity index (χ4v) is 1.32. The summed E-state index contributed by atoms with van der Waals surface area (Å²) in [5.74, 6) is 1.52. The molecule has 2 rings (SSSR count). The number of halogens is 1. The molecule has 1 aromatic heterocycles. The summed E-state index contributed by atoms with van der Waals surface area (Å²) >= 11 is 3.22. The molecule has 1 aromatic rings. The Bertz CT molecular complexity index is 271. The van der Waals surface area contributed by atoms with E-state index in [-0.39, 0.29) is 0 Å². The predicted molar refractivity (Wildman–Crippen MR) is 52.6 cm³/mol. The standard InChI is InChI=1S/C9H11BrN2O/c10-8-5-12-9(6-11-8)13-4-3-7-1-2-7/h5-7H,1-4H2. The molecule has 1 aliphatic rings. The second-order valence-electron chi connectivity index (χ2n) is 3.26. The van der Waals surface area contributed by atoms with Crippen molar-refractivity contribution in [2.45, 2.75) is 19.3 Å². The van der Waals surface area contributed by atoms with Crippen molar-refractivity contribution in [2.75, 3.05) is 6.61 Å². The summed E-state index contributed by atoms with van der Waals surface area (Å²) in [5.41, 5.74) is 0. The minimum Gasteiger partial charge on any atom is -0.477 e. The minimum atomic E-state index is 0.615. The molecule has 0 aliphatic heterocycles. The van der Waals surface area contributed by atoms with Gasteiger partial charge in [-0.1, -0.05) is 12.8 Å². The topological polar surface area (TPSA) is 35.0 Å². The lowest BCUT2D eigenvalue weighted by Crippen LogP contribution is -2.00. The van der Waals surface area contributed by atoms with Crippen LogP contribution in [0.4, 0.5) is 0 Å². The van der Waals surface area contributed by atoms with Crippen molar-refractivity contribution in [3.05, 3.63) is 17.0 Å². The minimum absolute atomic E-state index is 0.615. The van der Waals surface area contributed by atoms with Gasteiger partial charge < -0.3 is 4.74 Å². The largest absolute Gasteiger partial charge is 0.477 e. The first-order valence-electron chi connectivity index (χ1n) is 4.45. The Morgan fingerprint density at radius 3 is 2.85 bits per heavy atom. The smallest absolute Gasteiger partial charge is 0.232 e. The van der Waals surface area contributed by atoms with Crippen molar-refractivity contribution in [1.82, 2.24) is 9.97 Å². The van der Waals surface area contributed by atoms with E-state index >= 15 is 0 Å². The van der Waals surface area contributed by atoms with Crippen molar-refractivity contribution in [2.24, 2.45) is 5.92 Å². The van der Waals surface area contributed by atoms with Gasteiger partial charge in [-0.25, -0.2) is 9.97 Å². The van der Waals surface area contributed by atoms with E-state index < -0.39 is 0 Å². The van der Waals surface area contributed by atoms with E-state index in [1.54, 1.807) is 12.4 Å². The molecule has 0 amide bonds. The summed E-state index contributed by atoms with van der Waals surface area (Å²) in [4.78, 5) is 8.09. The summed E-state index contributed by atoms with van der Waals surface area (Å²) in [6, 6.07) is 0. The van der Waals surface area contributed by atoms with Crippen LogP contribution in [-0.2, 0) is 0 Å². The number of hydrogen-bond acceptors (Lipinski definition) is 3. The fourth-order valence-electron chi connectivity index (χ4n) is 1.11. The van der Waals surface area contributed by atoms with Crippen LogP contribution in [0.5, 0.6) is 5.88 Å². The number of nitrogens with zero attached hydrogens (tertiary/aromatic N) is 2. The predicted octanol–water partition coefficient (Wildman–Crippen LogP) is 2.42. The first-order valence-corrected chi connectivity index (χ1v) is 5.24. The molecule has 0 spiro atoms. The van der Waals surface area contributed by atoms with Crippen LogP contribution < -0.4 is 4.74 Å². The van der Waals surface area contributed by atoms with Gasteiger partial charge in [0.1, 0.15) is 4.60 Å². The summed E-state index contributed by atoms with van der Waals surface area (Å²) in [5, 5.41) is 0. The lowest BCUT2D eigenvalue weighted by Gasteiger charge is -2.02. The molecule has 0 aromatic carbocycles. The molecule has 4 heteroatoms. The van der Waals surface area contributed by atoms with Crippen LogP contribution >= 0.6 is 15.9 Å². The Kier molecular flexibility index (Phi) is 2.78. The highest BCUT2D eigenvalue weighted by Gasteiger charge is 2.20. The molecule has 1 heterocycles.